The Kier molecular flexibility index (Phi) is 8.79. The molecule has 0 aliphatic carbocycles. The summed E-state index contributed by atoms with van der Waals surface area (Å²) in [6.07, 6.45) is 0.747. The van der Waals surface area contributed by atoms with E-state index in [4.69, 9.17) is 15.1 Å². The van der Waals surface area contributed by atoms with Crippen LogP contribution in [0.5, 0.6) is 0 Å². The topological polar surface area (TPSA) is 92.5 Å². The van der Waals surface area contributed by atoms with Crippen molar-refractivity contribution in [3.63, 3.8) is 0 Å². The second-order valence-corrected chi connectivity index (χ2v) is 12.1. The molecule has 1 aromatic rings. The third-order valence-electron chi connectivity index (χ3n) is 6.89. The quantitative estimate of drug-likeness (QED) is 0.463. The van der Waals surface area contributed by atoms with Crippen LogP contribution in [-0.4, -0.2) is 112 Å². The Bertz CT molecular complexity index is 997. The highest BCUT2D eigenvalue weighted by molar-refractivity contribution is 7.99. The van der Waals surface area contributed by atoms with Crippen LogP contribution in [0.25, 0.3) is 0 Å². The summed E-state index contributed by atoms with van der Waals surface area (Å²) in [5, 5.41) is 8.04. The molecule has 3 saturated heterocycles. The van der Waals surface area contributed by atoms with Gasteiger partial charge in [-0.15, -0.1) is 11.8 Å². The lowest BCUT2D eigenvalue weighted by molar-refractivity contribution is -0.134. The highest BCUT2D eigenvalue weighted by Gasteiger charge is 2.45. The van der Waals surface area contributed by atoms with Gasteiger partial charge in [0, 0.05) is 63.2 Å². The molecule has 4 rings (SSSR count). The number of amidine groups is 1. The molecule has 9 nitrogen and oxygen atoms in total. The lowest BCUT2D eigenvalue weighted by atomic mass is 10.1. The fraction of sp³-hybridized carbons (Fsp3) is 0.630. The Labute approximate surface area is 224 Å². The summed E-state index contributed by atoms with van der Waals surface area (Å²) in [6.45, 7) is 11.8. The van der Waals surface area contributed by atoms with Crippen molar-refractivity contribution in [2.75, 3.05) is 50.9 Å². The highest BCUT2D eigenvalue weighted by Crippen LogP contribution is 2.29. The summed E-state index contributed by atoms with van der Waals surface area (Å²) in [6, 6.07) is 9.51. The first-order valence-corrected chi connectivity index (χ1v) is 14.3. The Balaban J connectivity index is 1.44. The standard InChI is InChI=1S/C27H40N6O3S/c1-20(28)16-24(29-21-8-6-5-7-9-21)31-12-10-30(11-13-31)22-17-23(25(34)32-14-15-37-19-32)33(18-22)26(35)36-27(2,3)4/h5-9,22-23,28H,10-19H2,1-4H3. The van der Waals surface area contributed by atoms with E-state index in [9.17, 15) is 9.59 Å². The van der Waals surface area contributed by atoms with Gasteiger partial charge in [-0.05, 0) is 46.2 Å². The molecule has 3 aliphatic heterocycles. The lowest BCUT2D eigenvalue weighted by Crippen LogP contribution is -2.53. The van der Waals surface area contributed by atoms with Crippen molar-refractivity contribution in [1.82, 2.24) is 19.6 Å². The SMILES string of the molecule is CC(=N)CC(=Nc1ccccc1)N1CCN(C2CC(C(=O)N3CCSC3)N(C(=O)OC(C)(C)C)C2)CC1. The molecule has 3 heterocycles. The zero-order valence-electron chi connectivity index (χ0n) is 22.5. The second-order valence-electron chi connectivity index (χ2n) is 11.0. The maximum Gasteiger partial charge on any atom is 0.411 e. The van der Waals surface area contributed by atoms with E-state index in [0.29, 0.717) is 31.0 Å². The number of aliphatic imine (C=N–C) groups is 1. The molecule has 202 valence electrons. The van der Waals surface area contributed by atoms with Crippen molar-refractivity contribution in [3.8, 4) is 0 Å². The van der Waals surface area contributed by atoms with Crippen LogP contribution in [0.2, 0.25) is 0 Å². The Morgan fingerprint density at radius 2 is 1.78 bits per heavy atom. The molecule has 2 amide bonds. The molecule has 3 aliphatic rings. The average molecular weight is 529 g/mol. The van der Waals surface area contributed by atoms with Crippen molar-refractivity contribution in [3.05, 3.63) is 30.3 Å². The van der Waals surface area contributed by atoms with E-state index in [1.165, 1.54) is 0 Å². The van der Waals surface area contributed by atoms with E-state index >= 15 is 0 Å². The molecular weight excluding hydrogens is 488 g/mol. The van der Waals surface area contributed by atoms with Crippen LogP contribution in [-0.2, 0) is 9.53 Å². The van der Waals surface area contributed by atoms with Gasteiger partial charge in [0.2, 0.25) is 5.91 Å². The van der Waals surface area contributed by atoms with E-state index in [2.05, 4.69) is 9.80 Å². The van der Waals surface area contributed by atoms with Gasteiger partial charge >= 0.3 is 6.09 Å². The van der Waals surface area contributed by atoms with Crippen LogP contribution < -0.4 is 0 Å². The summed E-state index contributed by atoms with van der Waals surface area (Å²) in [5.41, 5.74) is 0.869. The van der Waals surface area contributed by atoms with E-state index in [1.54, 1.807) is 16.7 Å². The zero-order chi connectivity index (χ0) is 26.6. The van der Waals surface area contributed by atoms with Crippen LogP contribution in [0, 0.1) is 5.41 Å². The third-order valence-corrected chi connectivity index (χ3v) is 7.86. The number of benzene rings is 1. The van der Waals surface area contributed by atoms with Crippen molar-refractivity contribution >= 4 is 41.0 Å². The molecule has 0 spiro atoms. The van der Waals surface area contributed by atoms with E-state index in [0.717, 1.165) is 50.0 Å². The van der Waals surface area contributed by atoms with Gasteiger partial charge < -0.3 is 19.9 Å². The molecule has 1 N–H and O–H groups in total. The largest absolute Gasteiger partial charge is 0.444 e. The van der Waals surface area contributed by atoms with Gasteiger partial charge in [0.1, 0.15) is 17.5 Å². The summed E-state index contributed by atoms with van der Waals surface area (Å²) < 4.78 is 5.69. The number of carbonyl (C=O) groups excluding carboxylic acids is 2. The Morgan fingerprint density at radius 3 is 2.38 bits per heavy atom. The fourth-order valence-electron chi connectivity index (χ4n) is 5.09. The molecule has 0 radical (unpaired) electrons. The average Bonchev–Trinajstić information content (AvgIpc) is 3.54. The maximum atomic E-state index is 13.4. The van der Waals surface area contributed by atoms with Crippen LogP contribution in [0.15, 0.2) is 35.3 Å². The minimum Gasteiger partial charge on any atom is -0.444 e. The predicted octanol–water partition coefficient (Wildman–Crippen LogP) is 3.67. The number of nitrogens with one attached hydrogen (secondary N) is 1. The van der Waals surface area contributed by atoms with Gasteiger partial charge in [0.15, 0.2) is 0 Å². The number of hydrogen-bond donors (Lipinski definition) is 1. The first-order valence-electron chi connectivity index (χ1n) is 13.1. The van der Waals surface area contributed by atoms with Gasteiger partial charge in [-0.3, -0.25) is 14.6 Å². The number of para-hydroxylation sites is 1. The molecular formula is C27H40N6O3S. The Morgan fingerprint density at radius 1 is 1.08 bits per heavy atom. The predicted molar refractivity (Wildman–Crippen MR) is 149 cm³/mol. The summed E-state index contributed by atoms with van der Waals surface area (Å²) in [5.74, 6) is 2.59. The monoisotopic (exact) mass is 528 g/mol. The van der Waals surface area contributed by atoms with Crippen LogP contribution >= 0.6 is 11.8 Å². The molecule has 0 aromatic heterocycles. The number of likely N-dealkylation sites (tertiary alicyclic amines) is 1. The fourth-order valence-corrected chi connectivity index (χ4v) is 6.04. The lowest BCUT2D eigenvalue weighted by Gasteiger charge is -2.39. The van der Waals surface area contributed by atoms with Crippen molar-refractivity contribution in [2.24, 2.45) is 4.99 Å². The molecule has 0 saturated carbocycles. The minimum atomic E-state index is -0.612. The van der Waals surface area contributed by atoms with Crippen LogP contribution in [0.3, 0.4) is 0 Å². The number of amides is 2. The number of nitrogens with zero attached hydrogens (tertiary/aromatic N) is 5. The first kappa shape index (κ1) is 27.4. The summed E-state index contributed by atoms with van der Waals surface area (Å²) >= 11 is 1.75. The van der Waals surface area contributed by atoms with Gasteiger partial charge in [-0.1, -0.05) is 18.2 Å². The third kappa shape index (κ3) is 7.25. The Hall–Kier alpha value is -2.59. The smallest absolute Gasteiger partial charge is 0.411 e. The number of thioether (sulfide) groups is 1. The number of hydrogen-bond acceptors (Lipinski definition) is 7. The second kappa shape index (κ2) is 11.9. The van der Waals surface area contributed by atoms with Gasteiger partial charge in [-0.2, -0.15) is 0 Å². The van der Waals surface area contributed by atoms with Crippen LogP contribution in [0.1, 0.15) is 40.5 Å². The molecule has 0 bridgehead atoms. The minimum absolute atomic E-state index is 0.0377. The normalized spacial score (nSPS) is 23.5. The van der Waals surface area contributed by atoms with E-state index in [-0.39, 0.29) is 11.9 Å². The molecule has 2 atom stereocenters. The molecule has 37 heavy (non-hydrogen) atoms. The number of rotatable bonds is 5. The van der Waals surface area contributed by atoms with Gasteiger partial charge in [0.25, 0.3) is 0 Å². The van der Waals surface area contributed by atoms with E-state index < -0.39 is 17.7 Å². The maximum absolute atomic E-state index is 13.4. The highest BCUT2D eigenvalue weighted by atomic mass is 32.2. The first-order chi connectivity index (χ1) is 17.6. The number of ether oxygens (including phenoxy) is 1. The molecule has 3 fully saturated rings. The summed E-state index contributed by atoms with van der Waals surface area (Å²) in [7, 11) is 0. The van der Waals surface area contributed by atoms with Crippen molar-refractivity contribution in [1.29, 1.82) is 5.41 Å². The molecule has 10 heteroatoms. The number of piperazine rings is 1. The molecule has 1 aromatic carbocycles. The van der Waals surface area contributed by atoms with E-state index in [1.807, 2.05) is 62.9 Å². The van der Waals surface area contributed by atoms with Crippen molar-refractivity contribution in [2.45, 2.75) is 58.2 Å². The van der Waals surface area contributed by atoms with Crippen LogP contribution in [0.4, 0.5) is 10.5 Å². The summed E-state index contributed by atoms with van der Waals surface area (Å²) in [4.78, 5) is 39.5. The number of carbonyl (C=O) groups is 2. The van der Waals surface area contributed by atoms with Crippen molar-refractivity contribution < 1.29 is 14.3 Å². The van der Waals surface area contributed by atoms with Gasteiger partial charge in [-0.25, -0.2) is 9.79 Å². The zero-order valence-corrected chi connectivity index (χ0v) is 23.3. The molecule has 2 unspecified atom stereocenters. The van der Waals surface area contributed by atoms with Gasteiger partial charge in [0.05, 0.1) is 11.6 Å².